The summed E-state index contributed by atoms with van der Waals surface area (Å²) in [6, 6.07) is 10.4. The molecule has 0 saturated heterocycles. The van der Waals surface area contributed by atoms with E-state index < -0.39 is 4.92 Å². The highest BCUT2D eigenvalue weighted by Gasteiger charge is 2.15. The maximum absolute atomic E-state index is 11.2. The van der Waals surface area contributed by atoms with Crippen LogP contribution in [0.25, 0.3) is 0 Å². The molecule has 0 unspecified atom stereocenters. The van der Waals surface area contributed by atoms with E-state index in [1.54, 1.807) is 12.1 Å². The van der Waals surface area contributed by atoms with E-state index in [0.717, 1.165) is 16.9 Å². The van der Waals surface area contributed by atoms with Crippen molar-refractivity contribution in [3.05, 3.63) is 63.2 Å². The van der Waals surface area contributed by atoms with Gasteiger partial charge in [-0.25, -0.2) is 0 Å². The second-order valence-electron chi connectivity index (χ2n) is 5.90. The third-order valence-electron chi connectivity index (χ3n) is 3.49. The summed E-state index contributed by atoms with van der Waals surface area (Å²) in [6.45, 7) is 6.11. The zero-order valence-corrected chi connectivity index (χ0v) is 14.1. The van der Waals surface area contributed by atoms with Crippen molar-refractivity contribution in [2.75, 3.05) is 5.32 Å². The summed E-state index contributed by atoms with van der Waals surface area (Å²) in [4.78, 5) is 10.7. The second-order valence-corrected chi connectivity index (χ2v) is 5.90. The predicted molar refractivity (Wildman–Crippen MR) is 93.3 cm³/mol. The van der Waals surface area contributed by atoms with E-state index in [1.807, 2.05) is 39.0 Å². The summed E-state index contributed by atoms with van der Waals surface area (Å²) in [5.41, 5.74) is 2.97. The lowest BCUT2D eigenvalue weighted by atomic mass is 10.1. The monoisotopic (exact) mass is 330 g/mol. The van der Waals surface area contributed by atoms with Crippen LogP contribution in [0.15, 0.2) is 36.4 Å². The van der Waals surface area contributed by atoms with E-state index in [0.29, 0.717) is 17.8 Å². The molecule has 0 aliphatic carbocycles. The lowest BCUT2D eigenvalue weighted by Gasteiger charge is -2.16. The first-order valence-electron chi connectivity index (χ1n) is 7.79. The van der Waals surface area contributed by atoms with Crippen molar-refractivity contribution < 1.29 is 14.8 Å². The van der Waals surface area contributed by atoms with Gasteiger partial charge in [0.25, 0.3) is 5.69 Å². The van der Waals surface area contributed by atoms with Gasteiger partial charge in [-0.3, -0.25) is 10.1 Å². The first-order chi connectivity index (χ1) is 11.4. The molecule has 2 aromatic carbocycles. The number of anilines is 1. The third-order valence-corrected chi connectivity index (χ3v) is 3.49. The number of ether oxygens (including phenoxy) is 1. The minimum absolute atomic E-state index is 0.0226. The quantitative estimate of drug-likeness (QED) is 0.596. The molecule has 0 amide bonds. The van der Waals surface area contributed by atoms with Gasteiger partial charge < -0.3 is 15.2 Å². The van der Waals surface area contributed by atoms with Gasteiger partial charge >= 0.3 is 0 Å². The molecule has 2 aromatic rings. The number of nitro groups is 1. The van der Waals surface area contributed by atoms with E-state index in [9.17, 15) is 15.2 Å². The first kappa shape index (κ1) is 17.7. The van der Waals surface area contributed by atoms with E-state index >= 15 is 0 Å². The van der Waals surface area contributed by atoms with Crippen LogP contribution in [-0.2, 0) is 13.2 Å². The lowest BCUT2D eigenvalue weighted by molar-refractivity contribution is -0.384. The molecule has 0 fully saturated rings. The average Bonchev–Trinajstić information content (AvgIpc) is 2.53. The predicted octanol–water partition coefficient (Wildman–Crippen LogP) is 3.79. The van der Waals surface area contributed by atoms with Gasteiger partial charge in [0.15, 0.2) is 0 Å². The number of aliphatic hydroxyl groups is 1. The van der Waals surface area contributed by atoms with Crippen molar-refractivity contribution in [1.82, 2.24) is 0 Å². The highest BCUT2D eigenvalue weighted by atomic mass is 16.6. The number of aliphatic hydroxyl groups excluding tert-OH is 1. The minimum Gasteiger partial charge on any atom is -0.491 e. The van der Waals surface area contributed by atoms with E-state index in [1.165, 1.54) is 6.07 Å². The van der Waals surface area contributed by atoms with Crippen molar-refractivity contribution in [1.29, 1.82) is 0 Å². The van der Waals surface area contributed by atoms with Crippen LogP contribution in [0.2, 0.25) is 0 Å². The van der Waals surface area contributed by atoms with Crippen LogP contribution in [0.4, 0.5) is 11.4 Å². The number of nitrogens with zero attached hydrogens (tertiary/aromatic N) is 1. The van der Waals surface area contributed by atoms with Gasteiger partial charge in [-0.15, -0.1) is 0 Å². The van der Waals surface area contributed by atoms with Crippen LogP contribution in [0, 0.1) is 17.0 Å². The summed E-state index contributed by atoms with van der Waals surface area (Å²) in [6.07, 6.45) is 0.0394. The zero-order valence-electron chi connectivity index (χ0n) is 14.1. The number of hydrogen-bond donors (Lipinski definition) is 2. The minimum atomic E-state index is -0.440. The van der Waals surface area contributed by atoms with Crippen LogP contribution in [-0.4, -0.2) is 16.1 Å². The van der Waals surface area contributed by atoms with Gasteiger partial charge in [0.1, 0.15) is 11.4 Å². The van der Waals surface area contributed by atoms with Gasteiger partial charge in [-0.1, -0.05) is 12.1 Å². The topological polar surface area (TPSA) is 84.6 Å². The molecular weight excluding hydrogens is 308 g/mol. The number of nitrogens with one attached hydrogen (secondary N) is 1. The third kappa shape index (κ3) is 4.45. The van der Waals surface area contributed by atoms with E-state index in [-0.39, 0.29) is 18.4 Å². The lowest BCUT2D eigenvalue weighted by Crippen LogP contribution is -2.10. The van der Waals surface area contributed by atoms with Gasteiger partial charge in [-0.2, -0.15) is 0 Å². The Balaban J connectivity index is 2.26. The molecule has 0 atom stereocenters. The molecule has 128 valence electrons. The average molecular weight is 330 g/mol. The summed E-state index contributed by atoms with van der Waals surface area (Å²) in [7, 11) is 0. The molecule has 0 aliphatic rings. The number of benzene rings is 2. The molecular formula is C18H22N2O4. The summed E-state index contributed by atoms with van der Waals surface area (Å²) in [5.74, 6) is 0.762. The normalized spacial score (nSPS) is 10.7. The number of hydrogen-bond acceptors (Lipinski definition) is 5. The SMILES string of the molecule is Cc1ccc(CNc2cc(CO)ccc2[N+](=O)[O-])c(OC(C)C)c1. The Morgan fingerprint density at radius 3 is 2.62 bits per heavy atom. The van der Waals surface area contributed by atoms with Crippen molar-refractivity contribution >= 4 is 11.4 Å². The maximum Gasteiger partial charge on any atom is 0.292 e. The second kappa shape index (κ2) is 7.79. The fraction of sp³-hybridized carbons (Fsp3) is 0.333. The number of nitro benzene ring substituents is 1. The van der Waals surface area contributed by atoms with Crippen molar-refractivity contribution in [3.63, 3.8) is 0 Å². The molecule has 6 heteroatoms. The molecule has 0 aromatic heterocycles. The maximum atomic E-state index is 11.2. The Kier molecular flexibility index (Phi) is 5.76. The Morgan fingerprint density at radius 1 is 1.25 bits per heavy atom. The van der Waals surface area contributed by atoms with Crippen LogP contribution in [0.5, 0.6) is 5.75 Å². The van der Waals surface area contributed by atoms with Crippen LogP contribution < -0.4 is 10.1 Å². The molecule has 24 heavy (non-hydrogen) atoms. The largest absolute Gasteiger partial charge is 0.491 e. The van der Waals surface area contributed by atoms with Gasteiger partial charge in [0.05, 0.1) is 17.6 Å². The molecule has 0 spiro atoms. The van der Waals surface area contributed by atoms with Crippen molar-refractivity contribution in [3.8, 4) is 5.75 Å². The number of rotatable bonds is 7. The van der Waals surface area contributed by atoms with Crippen molar-refractivity contribution in [2.24, 2.45) is 0 Å². The molecule has 0 aliphatic heterocycles. The fourth-order valence-electron chi connectivity index (χ4n) is 2.34. The summed E-state index contributed by atoms with van der Waals surface area (Å²) < 4.78 is 5.82. The van der Waals surface area contributed by atoms with Gasteiger partial charge in [0.2, 0.25) is 0 Å². The van der Waals surface area contributed by atoms with Crippen LogP contribution >= 0.6 is 0 Å². The van der Waals surface area contributed by atoms with Crippen LogP contribution in [0.3, 0.4) is 0 Å². The van der Waals surface area contributed by atoms with E-state index in [2.05, 4.69) is 5.32 Å². The molecule has 0 radical (unpaired) electrons. The molecule has 0 bridgehead atoms. The molecule has 0 saturated carbocycles. The molecule has 2 rings (SSSR count). The first-order valence-corrected chi connectivity index (χ1v) is 7.79. The highest BCUT2D eigenvalue weighted by Crippen LogP contribution is 2.28. The standard InChI is InChI=1S/C18H22N2O4/c1-12(2)24-18-8-13(3)4-6-15(18)10-19-16-9-14(11-21)5-7-17(16)20(22)23/h4-9,12,19,21H,10-11H2,1-3H3. The van der Waals surface area contributed by atoms with Crippen LogP contribution in [0.1, 0.15) is 30.5 Å². The molecule has 6 nitrogen and oxygen atoms in total. The highest BCUT2D eigenvalue weighted by molar-refractivity contribution is 5.63. The smallest absolute Gasteiger partial charge is 0.292 e. The Bertz CT molecular complexity index is 729. The summed E-state index contributed by atoms with van der Waals surface area (Å²) >= 11 is 0. The van der Waals surface area contributed by atoms with Crippen molar-refractivity contribution in [2.45, 2.75) is 40.0 Å². The Labute approximate surface area is 141 Å². The van der Waals surface area contributed by atoms with Gasteiger partial charge in [-0.05, 0) is 50.1 Å². The summed E-state index contributed by atoms with van der Waals surface area (Å²) in [5, 5.41) is 23.5. The Hall–Kier alpha value is -2.60. The zero-order chi connectivity index (χ0) is 17.7. The Morgan fingerprint density at radius 2 is 2.00 bits per heavy atom. The fourth-order valence-corrected chi connectivity index (χ4v) is 2.34. The molecule has 0 heterocycles. The number of aryl methyl sites for hydroxylation is 1. The van der Waals surface area contributed by atoms with Gasteiger partial charge in [0, 0.05) is 18.2 Å². The molecule has 2 N–H and O–H groups in total. The van der Waals surface area contributed by atoms with E-state index in [4.69, 9.17) is 4.74 Å².